The quantitative estimate of drug-likeness (QED) is 0.918. The number of oxazole rings is 1. The molecule has 6 heteroatoms. The molecule has 0 saturated carbocycles. The van der Waals surface area contributed by atoms with Gasteiger partial charge < -0.3 is 14.9 Å². The van der Waals surface area contributed by atoms with Gasteiger partial charge in [0.05, 0.1) is 16.7 Å². The number of ether oxygens (including phenoxy) is 1. The Hall–Kier alpha value is -1.21. The van der Waals surface area contributed by atoms with E-state index in [1.165, 1.54) is 0 Å². The Morgan fingerprint density at radius 1 is 1.57 bits per heavy atom. The summed E-state index contributed by atoms with van der Waals surface area (Å²) in [5, 5.41) is 2.03. The van der Waals surface area contributed by atoms with Crippen molar-refractivity contribution in [1.29, 1.82) is 0 Å². The summed E-state index contributed by atoms with van der Waals surface area (Å²) in [4.78, 5) is 8.03. The molecule has 1 fully saturated rings. The maximum Gasteiger partial charge on any atom is 0.236 e. The summed E-state index contributed by atoms with van der Waals surface area (Å²) in [7, 11) is 1.78. The fourth-order valence-electron chi connectivity index (χ4n) is 2.83. The predicted octanol–water partition coefficient (Wildman–Crippen LogP) is 2.34. The molecule has 3 heterocycles. The number of piperidine rings is 1. The summed E-state index contributed by atoms with van der Waals surface area (Å²) in [5.74, 6) is 0.705. The van der Waals surface area contributed by atoms with Crippen molar-refractivity contribution in [3.8, 4) is 10.8 Å². The predicted molar refractivity (Wildman–Crippen MR) is 83.1 cm³/mol. The zero-order chi connectivity index (χ0) is 14.7. The fourth-order valence-corrected chi connectivity index (χ4v) is 3.49. The molecular weight excluding hydrogens is 286 g/mol. The molecule has 2 atom stereocenters. The van der Waals surface area contributed by atoms with E-state index in [1.807, 2.05) is 17.5 Å². The number of thiophene rings is 1. The number of nitrogens with two attached hydrogens (primary N) is 1. The van der Waals surface area contributed by atoms with Crippen LogP contribution in [0.25, 0.3) is 10.8 Å². The number of nitrogens with zero attached hydrogens (tertiary/aromatic N) is 2. The minimum atomic E-state index is 0.328. The van der Waals surface area contributed by atoms with Crippen LogP contribution in [-0.2, 0) is 11.3 Å². The molecule has 1 aliphatic heterocycles. The molecule has 2 N–H and O–H groups in total. The lowest BCUT2D eigenvalue weighted by Gasteiger charge is -2.37. The second kappa shape index (κ2) is 6.70. The van der Waals surface area contributed by atoms with Crippen LogP contribution in [0.2, 0.25) is 0 Å². The van der Waals surface area contributed by atoms with Crippen molar-refractivity contribution < 1.29 is 9.15 Å². The second-order valence-electron chi connectivity index (χ2n) is 5.36. The van der Waals surface area contributed by atoms with Gasteiger partial charge in [0.25, 0.3) is 0 Å². The van der Waals surface area contributed by atoms with E-state index in [-0.39, 0.29) is 0 Å². The molecule has 0 radical (unpaired) electrons. The van der Waals surface area contributed by atoms with E-state index in [0.29, 0.717) is 24.6 Å². The van der Waals surface area contributed by atoms with Crippen LogP contribution in [0.1, 0.15) is 18.5 Å². The van der Waals surface area contributed by atoms with Crippen LogP contribution in [0.5, 0.6) is 0 Å². The van der Waals surface area contributed by atoms with E-state index in [9.17, 15) is 0 Å². The Kier molecular flexibility index (Phi) is 4.70. The molecule has 2 unspecified atom stereocenters. The highest BCUT2D eigenvalue weighted by Crippen LogP contribution is 2.25. The van der Waals surface area contributed by atoms with Gasteiger partial charge in [0.15, 0.2) is 0 Å². The second-order valence-corrected chi connectivity index (χ2v) is 6.31. The maximum atomic E-state index is 5.91. The van der Waals surface area contributed by atoms with Gasteiger partial charge in [-0.15, -0.1) is 11.3 Å². The molecule has 1 saturated heterocycles. The first-order chi connectivity index (χ1) is 10.3. The SMILES string of the molecule is COC1CCN(Cc2coc(-c3cccs3)n2)C(CN)C1. The standard InChI is InChI=1S/C15H21N3O2S/c1-19-13-4-5-18(12(7-13)8-16)9-11-10-20-15(17-11)14-3-2-6-21-14/h2-3,6,10,12-13H,4-5,7-9,16H2,1H3. The molecule has 0 aliphatic carbocycles. The third-order valence-electron chi connectivity index (χ3n) is 4.04. The summed E-state index contributed by atoms with van der Waals surface area (Å²) in [6.45, 7) is 2.42. The molecule has 0 amide bonds. The van der Waals surface area contributed by atoms with Crippen molar-refractivity contribution in [2.75, 3.05) is 20.2 Å². The molecule has 3 rings (SSSR count). The lowest BCUT2D eigenvalue weighted by molar-refractivity contribution is 0.00978. The van der Waals surface area contributed by atoms with Crippen LogP contribution in [-0.4, -0.2) is 42.2 Å². The highest BCUT2D eigenvalue weighted by Gasteiger charge is 2.28. The first-order valence-electron chi connectivity index (χ1n) is 7.25. The third kappa shape index (κ3) is 3.35. The van der Waals surface area contributed by atoms with Gasteiger partial charge in [0.2, 0.25) is 5.89 Å². The molecular formula is C15H21N3O2S. The van der Waals surface area contributed by atoms with E-state index in [2.05, 4.69) is 9.88 Å². The Labute approximate surface area is 128 Å². The number of methoxy groups -OCH3 is 1. The van der Waals surface area contributed by atoms with Gasteiger partial charge in [-0.1, -0.05) is 6.07 Å². The number of likely N-dealkylation sites (tertiary alicyclic amines) is 1. The molecule has 0 spiro atoms. The van der Waals surface area contributed by atoms with Gasteiger partial charge in [-0.3, -0.25) is 4.90 Å². The monoisotopic (exact) mass is 307 g/mol. The zero-order valence-corrected chi connectivity index (χ0v) is 13.0. The van der Waals surface area contributed by atoms with Crippen molar-refractivity contribution in [3.63, 3.8) is 0 Å². The molecule has 0 bridgehead atoms. The minimum absolute atomic E-state index is 0.328. The zero-order valence-electron chi connectivity index (χ0n) is 12.2. The summed E-state index contributed by atoms with van der Waals surface area (Å²) < 4.78 is 11.0. The molecule has 2 aromatic heterocycles. The topological polar surface area (TPSA) is 64.5 Å². The van der Waals surface area contributed by atoms with Crippen molar-refractivity contribution in [1.82, 2.24) is 9.88 Å². The summed E-state index contributed by atoms with van der Waals surface area (Å²) >= 11 is 1.64. The molecule has 2 aromatic rings. The van der Waals surface area contributed by atoms with Crippen LogP contribution in [0.4, 0.5) is 0 Å². The highest BCUT2D eigenvalue weighted by atomic mass is 32.1. The highest BCUT2D eigenvalue weighted by molar-refractivity contribution is 7.13. The van der Waals surface area contributed by atoms with Crippen molar-refractivity contribution in [2.24, 2.45) is 5.73 Å². The average Bonchev–Trinajstić information content (AvgIpc) is 3.18. The van der Waals surface area contributed by atoms with Crippen molar-refractivity contribution >= 4 is 11.3 Å². The average molecular weight is 307 g/mol. The molecule has 1 aliphatic rings. The summed E-state index contributed by atoms with van der Waals surface area (Å²) in [6.07, 6.45) is 4.12. The fraction of sp³-hybridized carbons (Fsp3) is 0.533. The van der Waals surface area contributed by atoms with E-state index < -0.39 is 0 Å². The number of hydrogen-bond acceptors (Lipinski definition) is 6. The van der Waals surface area contributed by atoms with Gasteiger partial charge in [-0.25, -0.2) is 4.98 Å². The number of hydrogen-bond donors (Lipinski definition) is 1. The van der Waals surface area contributed by atoms with Gasteiger partial charge in [0, 0.05) is 32.8 Å². The third-order valence-corrected chi connectivity index (χ3v) is 4.90. The van der Waals surface area contributed by atoms with Crippen LogP contribution in [0.3, 0.4) is 0 Å². The van der Waals surface area contributed by atoms with E-state index in [0.717, 1.165) is 36.5 Å². The van der Waals surface area contributed by atoms with Gasteiger partial charge in [0.1, 0.15) is 6.26 Å². The van der Waals surface area contributed by atoms with E-state index in [4.69, 9.17) is 14.9 Å². The van der Waals surface area contributed by atoms with Crippen LogP contribution >= 0.6 is 11.3 Å². The van der Waals surface area contributed by atoms with Crippen LogP contribution in [0.15, 0.2) is 28.2 Å². The van der Waals surface area contributed by atoms with Gasteiger partial charge in [-0.05, 0) is 24.3 Å². The van der Waals surface area contributed by atoms with Crippen LogP contribution < -0.4 is 5.73 Å². The minimum Gasteiger partial charge on any atom is -0.444 e. The molecule has 5 nitrogen and oxygen atoms in total. The van der Waals surface area contributed by atoms with E-state index >= 15 is 0 Å². The molecule has 0 aromatic carbocycles. The summed E-state index contributed by atoms with van der Waals surface area (Å²) in [5.41, 5.74) is 6.87. The maximum absolute atomic E-state index is 5.91. The van der Waals surface area contributed by atoms with Gasteiger partial charge in [-0.2, -0.15) is 0 Å². The number of rotatable bonds is 5. The first-order valence-corrected chi connectivity index (χ1v) is 8.13. The lowest BCUT2D eigenvalue weighted by atomic mass is 9.99. The number of aromatic nitrogens is 1. The van der Waals surface area contributed by atoms with Crippen molar-refractivity contribution in [2.45, 2.75) is 31.5 Å². The Morgan fingerprint density at radius 3 is 3.19 bits per heavy atom. The molecule has 114 valence electrons. The summed E-state index contributed by atoms with van der Waals surface area (Å²) in [6, 6.07) is 4.38. The van der Waals surface area contributed by atoms with Crippen LogP contribution in [0, 0.1) is 0 Å². The Balaban J connectivity index is 1.66. The lowest BCUT2D eigenvalue weighted by Crippen LogP contribution is -2.48. The van der Waals surface area contributed by atoms with Gasteiger partial charge >= 0.3 is 0 Å². The molecule has 21 heavy (non-hydrogen) atoms. The largest absolute Gasteiger partial charge is 0.444 e. The van der Waals surface area contributed by atoms with Crippen molar-refractivity contribution in [3.05, 3.63) is 29.5 Å². The Bertz CT molecular complexity index is 555. The first kappa shape index (κ1) is 14.7. The smallest absolute Gasteiger partial charge is 0.236 e. The normalized spacial score (nSPS) is 23.5. The van der Waals surface area contributed by atoms with E-state index in [1.54, 1.807) is 24.7 Å². The Morgan fingerprint density at radius 2 is 2.48 bits per heavy atom.